The Bertz CT molecular complexity index is 1060. The number of nitrogens with one attached hydrogen (secondary N) is 2. The Kier molecular flexibility index (Phi) is 4.96. The van der Waals surface area contributed by atoms with Crippen molar-refractivity contribution >= 4 is 24.1 Å². The average Bonchev–Trinajstić information content (AvgIpc) is 2.73. The number of para-hydroxylation sites is 1. The predicted molar refractivity (Wildman–Crippen MR) is 112 cm³/mol. The number of hydrazone groups is 1. The van der Waals surface area contributed by atoms with Crippen LogP contribution in [0.4, 0.5) is 5.69 Å². The van der Waals surface area contributed by atoms with Gasteiger partial charge in [0.2, 0.25) is 0 Å². The van der Waals surface area contributed by atoms with Crippen LogP contribution in [-0.4, -0.2) is 30.5 Å². The van der Waals surface area contributed by atoms with Crippen molar-refractivity contribution < 1.29 is 4.74 Å². The van der Waals surface area contributed by atoms with Gasteiger partial charge in [0.05, 0.1) is 18.2 Å². The minimum atomic E-state index is 0.278. The van der Waals surface area contributed by atoms with E-state index in [2.05, 4.69) is 38.8 Å². The molecule has 0 bridgehead atoms. The second-order valence-electron chi connectivity index (χ2n) is 7.09. The molecule has 0 spiro atoms. The molecule has 0 amide bonds. The zero-order valence-corrected chi connectivity index (χ0v) is 16.3. The topological polar surface area (TPSA) is 107 Å². The van der Waals surface area contributed by atoms with Crippen LogP contribution < -0.4 is 15.7 Å². The van der Waals surface area contributed by atoms with E-state index in [0.29, 0.717) is 28.8 Å². The molecular formula is C21H21N7O. The third kappa shape index (κ3) is 3.43. The van der Waals surface area contributed by atoms with Crippen LogP contribution in [0.2, 0.25) is 0 Å². The lowest BCUT2D eigenvalue weighted by Gasteiger charge is -2.37. The molecular weight excluding hydrogens is 366 g/mol. The number of nitriles is 1. The van der Waals surface area contributed by atoms with Crippen molar-refractivity contribution in [2.24, 2.45) is 21.0 Å². The van der Waals surface area contributed by atoms with Gasteiger partial charge >= 0.3 is 0 Å². The summed E-state index contributed by atoms with van der Waals surface area (Å²) in [5.41, 5.74) is 10.0. The number of aromatic nitrogens is 1. The number of hydrogen-bond acceptors (Lipinski definition) is 8. The Morgan fingerprint density at radius 1 is 1.31 bits per heavy atom. The van der Waals surface area contributed by atoms with Gasteiger partial charge in [0, 0.05) is 23.7 Å². The van der Waals surface area contributed by atoms with Gasteiger partial charge in [-0.15, -0.1) is 5.10 Å². The fourth-order valence-electron chi connectivity index (χ4n) is 3.79. The highest BCUT2D eigenvalue weighted by Gasteiger charge is 2.36. The van der Waals surface area contributed by atoms with Crippen LogP contribution >= 0.6 is 0 Å². The standard InChI is InChI=1S/C21H21N7O/c1-12-7-13(10-22)11-24-18(12)14-8-15(9-14)20-25-21(27-28-26-20)16-5-4-6-17(29-3)19(16)23-2/h4-7,11,14-15,28H,2,8-9H2,1,3H3,(H,25,26,27). The zero-order chi connectivity index (χ0) is 20.4. The molecule has 2 heterocycles. The third-order valence-electron chi connectivity index (χ3n) is 5.35. The summed E-state index contributed by atoms with van der Waals surface area (Å²) in [4.78, 5) is 13.3. The lowest BCUT2D eigenvalue weighted by molar-refractivity contribution is 0.327. The number of hydrogen-bond donors (Lipinski definition) is 2. The van der Waals surface area contributed by atoms with E-state index >= 15 is 0 Å². The maximum atomic E-state index is 9.01. The minimum Gasteiger partial charge on any atom is -0.494 e. The summed E-state index contributed by atoms with van der Waals surface area (Å²) >= 11 is 0. The molecule has 1 fully saturated rings. The molecule has 4 rings (SSSR count). The highest BCUT2D eigenvalue weighted by Crippen LogP contribution is 2.42. The SMILES string of the molecule is C=Nc1c(OC)cccc1C1=NNNC(C2CC(c3ncc(C#N)cc3C)C2)=N1. The van der Waals surface area contributed by atoms with E-state index in [0.717, 1.165) is 35.5 Å². The summed E-state index contributed by atoms with van der Waals surface area (Å²) in [7, 11) is 1.60. The van der Waals surface area contributed by atoms with E-state index in [1.165, 1.54) is 0 Å². The van der Waals surface area contributed by atoms with Crippen molar-refractivity contribution in [2.45, 2.75) is 25.7 Å². The number of amidine groups is 2. The monoisotopic (exact) mass is 387 g/mol. The summed E-state index contributed by atoms with van der Waals surface area (Å²) in [6, 6.07) is 9.63. The summed E-state index contributed by atoms with van der Waals surface area (Å²) in [6.45, 7) is 5.65. The molecule has 1 aromatic carbocycles. The van der Waals surface area contributed by atoms with Crippen molar-refractivity contribution in [1.29, 1.82) is 5.26 Å². The molecule has 0 unspecified atom stereocenters. The molecule has 1 saturated carbocycles. The summed E-state index contributed by atoms with van der Waals surface area (Å²) in [5, 5.41) is 13.3. The number of benzene rings is 1. The molecule has 2 aromatic rings. The Balaban J connectivity index is 1.52. The number of methoxy groups -OCH3 is 1. The zero-order valence-electron chi connectivity index (χ0n) is 16.3. The lowest BCUT2D eigenvalue weighted by Crippen LogP contribution is -2.46. The summed E-state index contributed by atoms with van der Waals surface area (Å²) < 4.78 is 5.36. The molecule has 8 nitrogen and oxygen atoms in total. The molecule has 1 aromatic heterocycles. The number of aliphatic imine (C=N–C) groups is 2. The normalized spacial score (nSPS) is 20.2. The molecule has 146 valence electrons. The van der Waals surface area contributed by atoms with Gasteiger partial charge in [0.25, 0.3) is 0 Å². The number of ether oxygens (including phenoxy) is 1. The van der Waals surface area contributed by atoms with Crippen LogP contribution in [-0.2, 0) is 0 Å². The first-order chi connectivity index (χ1) is 14.1. The Morgan fingerprint density at radius 3 is 2.83 bits per heavy atom. The molecule has 29 heavy (non-hydrogen) atoms. The second kappa shape index (κ2) is 7.72. The number of nitrogens with zero attached hydrogens (tertiary/aromatic N) is 5. The number of aryl methyl sites for hydroxylation is 1. The fourth-order valence-corrected chi connectivity index (χ4v) is 3.79. The highest BCUT2D eigenvalue weighted by molar-refractivity contribution is 6.11. The van der Waals surface area contributed by atoms with E-state index in [-0.39, 0.29) is 5.92 Å². The molecule has 0 saturated heterocycles. The maximum absolute atomic E-state index is 9.01. The van der Waals surface area contributed by atoms with Crippen molar-refractivity contribution in [2.75, 3.05) is 7.11 Å². The maximum Gasteiger partial charge on any atom is 0.185 e. The van der Waals surface area contributed by atoms with Gasteiger partial charge in [-0.2, -0.15) is 5.26 Å². The lowest BCUT2D eigenvalue weighted by atomic mass is 9.71. The Labute approximate surface area is 169 Å². The second-order valence-corrected chi connectivity index (χ2v) is 7.09. The highest BCUT2D eigenvalue weighted by atomic mass is 16.5. The van der Waals surface area contributed by atoms with Gasteiger partial charge in [-0.3, -0.25) is 15.4 Å². The van der Waals surface area contributed by atoms with Crippen molar-refractivity contribution in [3.8, 4) is 11.8 Å². The Morgan fingerprint density at radius 2 is 2.14 bits per heavy atom. The van der Waals surface area contributed by atoms with Gasteiger partial charge < -0.3 is 4.74 Å². The average molecular weight is 387 g/mol. The first kappa shape index (κ1) is 18.6. The van der Waals surface area contributed by atoms with Crippen molar-refractivity contribution in [1.82, 2.24) is 15.9 Å². The van der Waals surface area contributed by atoms with Gasteiger partial charge in [0.1, 0.15) is 23.3 Å². The van der Waals surface area contributed by atoms with E-state index in [4.69, 9.17) is 15.0 Å². The molecule has 2 aliphatic rings. The Hall–Kier alpha value is -3.73. The van der Waals surface area contributed by atoms with Crippen molar-refractivity contribution in [3.05, 3.63) is 52.8 Å². The molecule has 1 aliphatic carbocycles. The molecule has 1 aliphatic heterocycles. The van der Waals surface area contributed by atoms with Crippen LogP contribution in [0.1, 0.15) is 41.1 Å². The largest absolute Gasteiger partial charge is 0.494 e. The minimum absolute atomic E-state index is 0.278. The third-order valence-corrected chi connectivity index (χ3v) is 5.35. The van der Waals surface area contributed by atoms with E-state index in [1.807, 2.05) is 31.2 Å². The first-order valence-corrected chi connectivity index (χ1v) is 9.32. The van der Waals surface area contributed by atoms with Crippen molar-refractivity contribution in [3.63, 3.8) is 0 Å². The molecule has 0 atom stereocenters. The van der Waals surface area contributed by atoms with Crippen LogP contribution in [0, 0.1) is 24.2 Å². The van der Waals surface area contributed by atoms with Crippen LogP contribution in [0.25, 0.3) is 0 Å². The number of pyridine rings is 1. The van der Waals surface area contributed by atoms with Gasteiger partial charge in [-0.05, 0) is 50.2 Å². The number of hydrazine groups is 1. The van der Waals surface area contributed by atoms with Gasteiger partial charge in [-0.1, -0.05) is 6.07 Å². The molecule has 0 radical (unpaired) electrons. The summed E-state index contributed by atoms with van der Waals surface area (Å²) in [5.74, 6) is 2.65. The van der Waals surface area contributed by atoms with E-state index in [1.54, 1.807) is 13.3 Å². The van der Waals surface area contributed by atoms with Gasteiger partial charge in [0.15, 0.2) is 5.84 Å². The summed E-state index contributed by atoms with van der Waals surface area (Å²) in [6.07, 6.45) is 3.52. The smallest absolute Gasteiger partial charge is 0.185 e. The van der Waals surface area contributed by atoms with Crippen LogP contribution in [0.15, 0.2) is 45.5 Å². The van der Waals surface area contributed by atoms with E-state index < -0.39 is 0 Å². The van der Waals surface area contributed by atoms with Crippen LogP contribution in [0.5, 0.6) is 5.75 Å². The quantitative estimate of drug-likeness (QED) is 0.767. The molecule has 8 heteroatoms. The predicted octanol–water partition coefficient (Wildman–Crippen LogP) is 2.96. The van der Waals surface area contributed by atoms with Gasteiger partial charge in [-0.25, -0.2) is 10.5 Å². The first-order valence-electron chi connectivity index (χ1n) is 9.32. The molecule has 2 N–H and O–H groups in total. The fraction of sp³-hybridized carbons (Fsp3) is 0.286. The number of rotatable bonds is 5. The van der Waals surface area contributed by atoms with Crippen LogP contribution in [0.3, 0.4) is 0 Å². The van der Waals surface area contributed by atoms with E-state index in [9.17, 15) is 0 Å².